The van der Waals surface area contributed by atoms with Gasteiger partial charge in [0.2, 0.25) is 5.91 Å². The second-order valence-electron chi connectivity index (χ2n) is 7.42. The number of para-hydroxylation sites is 1. The summed E-state index contributed by atoms with van der Waals surface area (Å²) in [6.45, 7) is 6.00. The number of nitrogens with one attached hydrogen (secondary N) is 1. The summed E-state index contributed by atoms with van der Waals surface area (Å²) in [5.74, 6) is 0.680. The van der Waals surface area contributed by atoms with E-state index in [0.29, 0.717) is 5.16 Å². The van der Waals surface area contributed by atoms with E-state index in [0.717, 1.165) is 33.9 Å². The van der Waals surface area contributed by atoms with Crippen molar-refractivity contribution >= 4 is 23.4 Å². The predicted octanol–water partition coefficient (Wildman–Crippen LogP) is 5.66. The number of amides is 1. The molecule has 1 unspecified atom stereocenters. The van der Waals surface area contributed by atoms with Crippen molar-refractivity contribution in [2.75, 3.05) is 5.32 Å². The summed E-state index contributed by atoms with van der Waals surface area (Å²) in [7, 11) is 0. The monoisotopic (exact) mass is 428 g/mol. The molecule has 0 aliphatic rings. The number of aryl methyl sites for hydroxylation is 3. The molecule has 156 valence electrons. The smallest absolute Gasteiger partial charge is 0.242 e. The Morgan fingerprint density at radius 1 is 0.871 bits per heavy atom. The van der Waals surface area contributed by atoms with Crippen LogP contribution in [0, 0.1) is 20.8 Å². The number of carbonyl (C=O) groups excluding carboxylic acids is 1. The molecular weight excluding hydrogens is 404 g/mol. The van der Waals surface area contributed by atoms with Gasteiger partial charge in [-0.25, -0.2) is 0 Å². The summed E-state index contributed by atoms with van der Waals surface area (Å²) >= 11 is 1.40. The van der Waals surface area contributed by atoms with Crippen LogP contribution in [-0.4, -0.2) is 20.7 Å². The van der Waals surface area contributed by atoms with Crippen molar-refractivity contribution in [3.05, 3.63) is 101 Å². The van der Waals surface area contributed by atoms with E-state index in [9.17, 15) is 4.79 Å². The first-order valence-corrected chi connectivity index (χ1v) is 11.0. The maximum absolute atomic E-state index is 13.3. The van der Waals surface area contributed by atoms with Crippen molar-refractivity contribution in [2.45, 2.75) is 31.2 Å². The van der Waals surface area contributed by atoms with Crippen molar-refractivity contribution < 1.29 is 4.79 Å². The maximum atomic E-state index is 13.3. The molecule has 0 aliphatic carbocycles. The number of hydrogen-bond donors (Lipinski definition) is 1. The molecule has 5 nitrogen and oxygen atoms in total. The Bertz CT molecular complexity index is 1190. The molecule has 1 aromatic heterocycles. The molecule has 0 fully saturated rings. The third kappa shape index (κ3) is 4.70. The molecule has 1 atom stereocenters. The van der Waals surface area contributed by atoms with Crippen LogP contribution in [0.25, 0.3) is 5.69 Å². The van der Waals surface area contributed by atoms with Gasteiger partial charge in [-0.05, 0) is 50.1 Å². The highest BCUT2D eigenvalue weighted by molar-refractivity contribution is 8.00. The molecule has 31 heavy (non-hydrogen) atoms. The summed E-state index contributed by atoms with van der Waals surface area (Å²) in [5.41, 5.74) is 4.96. The SMILES string of the molecule is Cc1ccc(NC(=O)C(Sc2nnc(C)n2-c2ccccc2C)c2ccccc2)cc1. The van der Waals surface area contributed by atoms with Crippen molar-refractivity contribution in [1.82, 2.24) is 14.8 Å². The van der Waals surface area contributed by atoms with E-state index < -0.39 is 5.25 Å². The summed E-state index contributed by atoms with van der Waals surface area (Å²) in [6, 6.07) is 25.7. The first-order valence-electron chi connectivity index (χ1n) is 10.1. The lowest BCUT2D eigenvalue weighted by Crippen LogP contribution is -2.19. The van der Waals surface area contributed by atoms with Gasteiger partial charge < -0.3 is 5.32 Å². The molecule has 0 radical (unpaired) electrons. The fourth-order valence-electron chi connectivity index (χ4n) is 3.36. The maximum Gasteiger partial charge on any atom is 0.242 e. The molecule has 1 heterocycles. The third-order valence-electron chi connectivity index (χ3n) is 5.03. The average molecular weight is 429 g/mol. The van der Waals surface area contributed by atoms with Crippen LogP contribution in [0.1, 0.15) is 27.8 Å². The minimum Gasteiger partial charge on any atom is -0.325 e. The third-order valence-corrected chi connectivity index (χ3v) is 6.23. The van der Waals surface area contributed by atoms with E-state index in [1.165, 1.54) is 11.8 Å². The Morgan fingerprint density at radius 3 is 2.26 bits per heavy atom. The van der Waals surface area contributed by atoms with Crippen LogP contribution in [0.15, 0.2) is 84.0 Å². The Hall–Kier alpha value is -3.38. The highest BCUT2D eigenvalue weighted by Gasteiger charge is 2.26. The van der Waals surface area contributed by atoms with Gasteiger partial charge in [0.15, 0.2) is 5.16 Å². The molecular formula is C25H24N4OS. The van der Waals surface area contributed by atoms with Gasteiger partial charge in [0.25, 0.3) is 0 Å². The normalized spacial score (nSPS) is 11.8. The highest BCUT2D eigenvalue weighted by Crippen LogP contribution is 2.37. The Balaban J connectivity index is 1.69. The molecule has 0 saturated carbocycles. The number of hydrogen-bond acceptors (Lipinski definition) is 4. The molecule has 1 N–H and O–H groups in total. The number of carbonyl (C=O) groups is 1. The van der Waals surface area contributed by atoms with Gasteiger partial charge in [0.1, 0.15) is 11.1 Å². The van der Waals surface area contributed by atoms with E-state index in [2.05, 4.69) is 28.5 Å². The number of aromatic nitrogens is 3. The van der Waals surface area contributed by atoms with Crippen molar-refractivity contribution in [1.29, 1.82) is 0 Å². The van der Waals surface area contributed by atoms with Gasteiger partial charge in [-0.15, -0.1) is 10.2 Å². The summed E-state index contributed by atoms with van der Waals surface area (Å²) in [4.78, 5) is 13.3. The standard InChI is InChI=1S/C25H24N4OS/c1-17-13-15-21(16-14-17)26-24(30)23(20-10-5-4-6-11-20)31-25-28-27-19(3)29(25)22-12-8-7-9-18(22)2/h4-16,23H,1-3H3,(H,26,30). The van der Waals surface area contributed by atoms with Crippen LogP contribution in [0.4, 0.5) is 5.69 Å². The zero-order chi connectivity index (χ0) is 21.8. The van der Waals surface area contributed by atoms with Gasteiger partial charge >= 0.3 is 0 Å². The topological polar surface area (TPSA) is 59.8 Å². The second-order valence-corrected chi connectivity index (χ2v) is 8.49. The van der Waals surface area contributed by atoms with Gasteiger partial charge in [0.05, 0.1) is 5.69 Å². The molecule has 3 aromatic carbocycles. The minimum atomic E-state index is -0.478. The zero-order valence-corrected chi connectivity index (χ0v) is 18.6. The number of anilines is 1. The lowest BCUT2D eigenvalue weighted by atomic mass is 10.1. The average Bonchev–Trinajstić information content (AvgIpc) is 3.14. The fraction of sp³-hybridized carbons (Fsp3) is 0.160. The summed E-state index contributed by atoms with van der Waals surface area (Å²) in [5, 5.41) is 11.9. The quantitative estimate of drug-likeness (QED) is 0.402. The number of rotatable bonds is 6. The van der Waals surface area contributed by atoms with Crippen LogP contribution in [0.3, 0.4) is 0 Å². The van der Waals surface area contributed by atoms with Crippen LogP contribution < -0.4 is 5.32 Å². The van der Waals surface area contributed by atoms with E-state index in [1.54, 1.807) is 0 Å². The first-order chi connectivity index (χ1) is 15.0. The van der Waals surface area contributed by atoms with E-state index >= 15 is 0 Å². The lowest BCUT2D eigenvalue weighted by Gasteiger charge is -2.18. The summed E-state index contributed by atoms with van der Waals surface area (Å²) < 4.78 is 2.01. The van der Waals surface area contributed by atoms with Gasteiger partial charge in [-0.2, -0.15) is 0 Å². The van der Waals surface area contributed by atoms with Crippen LogP contribution in [-0.2, 0) is 4.79 Å². The molecule has 0 saturated heterocycles. The van der Waals surface area contributed by atoms with Gasteiger partial charge in [-0.1, -0.05) is 78.0 Å². The zero-order valence-electron chi connectivity index (χ0n) is 17.7. The van der Waals surface area contributed by atoms with E-state index in [-0.39, 0.29) is 5.91 Å². The molecule has 1 amide bonds. The minimum absolute atomic E-state index is 0.1000. The Kier molecular flexibility index (Phi) is 6.18. The molecule has 4 aromatic rings. The van der Waals surface area contributed by atoms with E-state index in [1.807, 2.05) is 91.2 Å². The van der Waals surface area contributed by atoms with E-state index in [4.69, 9.17) is 0 Å². The van der Waals surface area contributed by atoms with Crippen molar-refractivity contribution in [3.63, 3.8) is 0 Å². The van der Waals surface area contributed by atoms with Crippen LogP contribution >= 0.6 is 11.8 Å². The van der Waals surface area contributed by atoms with Crippen LogP contribution in [0.2, 0.25) is 0 Å². The number of thioether (sulfide) groups is 1. The molecule has 0 bridgehead atoms. The Morgan fingerprint density at radius 2 is 1.55 bits per heavy atom. The lowest BCUT2D eigenvalue weighted by molar-refractivity contribution is -0.115. The number of nitrogens with zero attached hydrogens (tertiary/aromatic N) is 3. The molecule has 0 spiro atoms. The Labute approximate surface area is 186 Å². The van der Waals surface area contributed by atoms with Crippen molar-refractivity contribution in [3.8, 4) is 5.69 Å². The first kappa shape index (κ1) is 20.9. The predicted molar refractivity (Wildman–Crippen MR) is 126 cm³/mol. The fourth-order valence-corrected chi connectivity index (χ4v) is 4.46. The largest absolute Gasteiger partial charge is 0.325 e. The summed E-state index contributed by atoms with van der Waals surface area (Å²) in [6.07, 6.45) is 0. The highest BCUT2D eigenvalue weighted by atomic mass is 32.2. The molecule has 4 rings (SSSR count). The van der Waals surface area contributed by atoms with Gasteiger partial charge in [0, 0.05) is 5.69 Å². The van der Waals surface area contributed by atoms with Crippen molar-refractivity contribution in [2.24, 2.45) is 0 Å². The second kappa shape index (κ2) is 9.18. The molecule has 6 heteroatoms. The molecule has 0 aliphatic heterocycles. The number of benzene rings is 3. The van der Waals surface area contributed by atoms with Gasteiger partial charge in [-0.3, -0.25) is 9.36 Å². The van der Waals surface area contributed by atoms with Crippen LogP contribution in [0.5, 0.6) is 0 Å².